The van der Waals surface area contributed by atoms with Crippen LogP contribution in [0.2, 0.25) is 0 Å². The monoisotopic (exact) mass is 266 g/mol. The van der Waals surface area contributed by atoms with Crippen LogP contribution in [0.25, 0.3) is 0 Å². The Morgan fingerprint density at radius 3 is 2.11 bits per heavy atom. The molecule has 1 spiro atoms. The Morgan fingerprint density at radius 1 is 1.05 bits per heavy atom. The van der Waals surface area contributed by atoms with Gasteiger partial charge in [-0.15, -0.1) is 0 Å². The molecule has 0 aromatic heterocycles. The van der Waals surface area contributed by atoms with Crippen LogP contribution in [0.1, 0.15) is 44.9 Å². The average molecular weight is 266 g/mol. The third-order valence-corrected chi connectivity index (χ3v) is 5.76. The number of carbonyl (C=O) groups is 1. The van der Waals surface area contributed by atoms with Gasteiger partial charge in [0.05, 0.1) is 0 Å². The molecule has 1 N–H and O–H groups in total. The van der Waals surface area contributed by atoms with Crippen LogP contribution in [0, 0.1) is 5.41 Å². The van der Waals surface area contributed by atoms with Crippen LogP contribution in [-0.2, 0) is 4.79 Å². The van der Waals surface area contributed by atoms with Gasteiger partial charge in [-0.25, -0.2) is 0 Å². The number of piperidine rings is 2. The van der Waals surface area contributed by atoms with Gasteiger partial charge in [0, 0.05) is 19.1 Å². The zero-order valence-electron chi connectivity index (χ0n) is 11.8. The molecule has 0 bridgehead atoms. The van der Waals surface area contributed by atoms with Gasteiger partial charge in [-0.2, -0.15) is 0 Å². The van der Waals surface area contributed by atoms with Crippen LogP contribution in [0.15, 0.2) is 0 Å². The lowest BCUT2D eigenvalue weighted by Gasteiger charge is -2.49. The van der Waals surface area contributed by atoms with Crippen molar-refractivity contribution >= 4 is 5.91 Å². The predicted octanol–water partition coefficient (Wildman–Crippen LogP) is 1.24. The first-order valence-corrected chi connectivity index (χ1v) is 7.85. The highest BCUT2D eigenvalue weighted by atomic mass is 16.3. The predicted molar refractivity (Wildman–Crippen MR) is 73.8 cm³/mol. The molecule has 0 radical (unpaired) electrons. The fraction of sp³-hybridized carbons (Fsp3) is 0.933. The van der Waals surface area contributed by atoms with Crippen molar-refractivity contribution in [1.29, 1.82) is 0 Å². The zero-order chi connectivity index (χ0) is 13.3. The second kappa shape index (κ2) is 5.41. The molecular formula is C15H26N2O2. The Morgan fingerprint density at radius 2 is 1.63 bits per heavy atom. The van der Waals surface area contributed by atoms with E-state index < -0.39 is 0 Å². The van der Waals surface area contributed by atoms with E-state index in [1.54, 1.807) is 0 Å². The first-order valence-electron chi connectivity index (χ1n) is 7.85. The molecule has 0 aromatic carbocycles. The minimum Gasteiger partial charge on any atom is -0.387 e. The maximum Gasteiger partial charge on any atom is 0.248 e. The minimum atomic E-state index is -0.331. The lowest BCUT2D eigenvalue weighted by Crippen LogP contribution is -2.51. The maximum absolute atomic E-state index is 11.5. The van der Waals surface area contributed by atoms with Gasteiger partial charge in [-0.3, -0.25) is 4.79 Å². The Bertz CT molecular complexity index is 323. The molecular weight excluding hydrogens is 240 g/mol. The van der Waals surface area contributed by atoms with Crippen molar-refractivity contribution in [3.8, 4) is 0 Å². The lowest BCUT2D eigenvalue weighted by molar-refractivity contribution is -0.137. The summed E-state index contributed by atoms with van der Waals surface area (Å²) in [5.74, 6) is -0.0956. The molecule has 3 fully saturated rings. The SMILES string of the molecule is O=C(CO)N1CCC2(CC1)CCN(C1CCC1)CC2. The summed E-state index contributed by atoms with van der Waals surface area (Å²) in [5, 5.41) is 8.92. The minimum absolute atomic E-state index is 0.0956. The van der Waals surface area contributed by atoms with Gasteiger partial charge in [0.25, 0.3) is 0 Å². The molecule has 1 saturated carbocycles. The molecule has 3 rings (SSSR count). The quantitative estimate of drug-likeness (QED) is 0.818. The van der Waals surface area contributed by atoms with Crippen molar-refractivity contribution in [2.45, 2.75) is 51.0 Å². The van der Waals surface area contributed by atoms with E-state index in [2.05, 4.69) is 4.90 Å². The molecule has 2 aliphatic heterocycles. The summed E-state index contributed by atoms with van der Waals surface area (Å²) in [7, 11) is 0. The number of hydrogen-bond acceptors (Lipinski definition) is 3. The Hall–Kier alpha value is -0.610. The van der Waals surface area contributed by atoms with E-state index in [-0.39, 0.29) is 12.5 Å². The summed E-state index contributed by atoms with van der Waals surface area (Å²) in [6, 6.07) is 0.883. The van der Waals surface area contributed by atoms with E-state index in [1.165, 1.54) is 45.2 Å². The molecule has 2 saturated heterocycles. The number of aliphatic hydroxyl groups is 1. The summed E-state index contributed by atoms with van der Waals surface area (Å²) in [4.78, 5) is 16.0. The highest BCUT2D eigenvalue weighted by molar-refractivity contribution is 5.77. The Kier molecular flexibility index (Phi) is 3.81. The lowest BCUT2D eigenvalue weighted by atomic mass is 9.70. The third kappa shape index (κ3) is 2.65. The van der Waals surface area contributed by atoms with Gasteiger partial charge in [0.15, 0.2) is 0 Å². The molecule has 0 atom stereocenters. The summed E-state index contributed by atoms with van der Waals surface area (Å²) in [5.41, 5.74) is 0.493. The van der Waals surface area contributed by atoms with Gasteiger partial charge >= 0.3 is 0 Å². The number of carbonyl (C=O) groups excluding carboxylic acids is 1. The Balaban J connectivity index is 1.49. The average Bonchev–Trinajstić information content (AvgIpc) is 2.40. The Labute approximate surface area is 115 Å². The molecule has 3 aliphatic rings. The topological polar surface area (TPSA) is 43.8 Å². The van der Waals surface area contributed by atoms with E-state index in [0.717, 1.165) is 32.0 Å². The van der Waals surface area contributed by atoms with Gasteiger partial charge in [0.1, 0.15) is 6.61 Å². The van der Waals surface area contributed by atoms with Gasteiger partial charge in [0.2, 0.25) is 5.91 Å². The van der Waals surface area contributed by atoms with E-state index in [0.29, 0.717) is 5.41 Å². The molecule has 0 unspecified atom stereocenters. The number of likely N-dealkylation sites (tertiary alicyclic amines) is 2. The van der Waals surface area contributed by atoms with Crippen LogP contribution >= 0.6 is 0 Å². The van der Waals surface area contributed by atoms with Crippen molar-refractivity contribution in [2.75, 3.05) is 32.8 Å². The highest BCUT2D eigenvalue weighted by Crippen LogP contribution is 2.42. The first kappa shape index (κ1) is 13.4. The maximum atomic E-state index is 11.5. The van der Waals surface area contributed by atoms with Gasteiger partial charge in [-0.05, 0) is 57.0 Å². The molecule has 4 nitrogen and oxygen atoms in total. The first-order chi connectivity index (χ1) is 9.22. The van der Waals surface area contributed by atoms with E-state index in [9.17, 15) is 4.79 Å². The van der Waals surface area contributed by atoms with Crippen LogP contribution < -0.4 is 0 Å². The van der Waals surface area contributed by atoms with E-state index >= 15 is 0 Å². The number of amides is 1. The third-order valence-electron chi connectivity index (χ3n) is 5.76. The van der Waals surface area contributed by atoms with Crippen LogP contribution in [0.3, 0.4) is 0 Å². The summed E-state index contributed by atoms with van der Waals surface area (Å²) in [6.07, 6.45) is 9.13. The summed E-state index contributed by atoms with van der Waals surface area (Å²) >= 11 is 0. The molecule has 19 heavy (non-hydrogen) atoms. The standard InChI is InChI=1S/C15H26N2O2/c18-12-14(19)17-10-6-15(7-11-17)4-8-16(9-5-15)13-2-1-3-13/h13,18H,1-12H2. The fourth-order valence-corrected chi connectivity index (χ4v) is 3.95. The van der Waals surface area contributed by atoms with Crippen LogP contribution in [-0.4, -0.2) is 59.6 Å². The number of rotatable bonds is 2. The van der Waals surface area contributed by atoms with Gasteiger partial charge in [-0.1, -0.05) is 6.42 Å². The highest BCUT2D eigenvalue weighted by Gasteiger charge is 2.40. The van der Waals surface area contributed by atoms with Crippen LogP contribution in [0.5, 0.6) is 0 Å². The van der Waals surface area contributed by atoms with Crippen molar-refractivity contribution in [2.24, 2.45) is 5.41 Å². The van der Waals surface area contributed by atoms with E-state index in [1.807, 2.05) is 4.90 Å². The number of nitrogens with zero attached hydrogens (tertiary/aromatic N) is 2. The molecule has 1 amide bonds. The fourth-order valence-electron chi connectivity index (χ4n) is 3.95. The van der Waals surface area contributed by atoms with Crippen molar-refractivity contribution in [3.05, 3.63) is 0 Å². The molecule has 0 aromatic rings. The molecule has 108 valence electrons. The summed E-state index contributed by atoms with van der Waals surface area (Å²) < 4.78 is 0. The zero-order valence-corrected chi connectivity index (χ0v) is 11.8. The van der Waals surface area contributed by atoms with Gasteiger partial charge < -0.3 is 14.9 Å². The smallest absolute Gasteiger partial charge is 0.248 e. The number of hydrogen-bond donors (Lipinski definition) is 1. The second-order valence-corrected chi connectivity index (χ2v) is 6.66. The number of aliphatic hydroxyl groups excluding tert-OH is 1. The summed E-state index contributed by atoms with van der Waals surface area (Å²) in [6.45, 7) is 3.89. The second-order valence-electron chi connectivity index (χ2n) is 6.66. The normalized spacial score (nSPS) is 28.4. The van der Waals surface area contributed by atoms with E-state index in [4.69, 9.17) is 5.11 Å². The van der Waals surface area contributed by atoms with Crippen molar-refractivity contribution in [3.63, 3.8) is 0 Å². The van der Waals surface area contributed by atoms with Crippen molar-refractivity contribution < 1.29 is 9.90 Å². The molecule has 1 aliphatic carbocycles. The molecule has 4 heteroatoms. The molecule has 2 heterocycles. The van der Waals surface area contributed by atoms with Crippen LogP contribution in [0.4, 0.5) is 0 Å². The van der Waals surface area contributed by atoms with Crippen molar-refractivity contribution in [1.82, 2.24) is 9.80 Å². The largest absolute Gasteiger partial charge is 0.387 e.